The molecule has 1 atom stereocenters. The molecule has 1 fully saturated rings. The van der Waals surface area contributed by atoms with Crippen molar-refractivity contribution in [2.75, 3.05) is 13.2 Å². The van der Waals surface area contributed by atoms with E-state index in [1.807, 2.05) is 18.2 Å². The molecule has 0 saturated carbocycles. The quantitative estimate of drug-likeness (QED) is 0.872. The molecule has 1 aromatic rings. The molecule has 3 nitrogen and oxygen atoms in total. The molecule has 1 heterocycles. The fourth-order valence-corrected chi connectivity index (χ4v) is 2.09. The van der Waals surface area contributed by atoms with Crippen molar-refractivity contribution in [1.82, 2.24) is 0 Å². The molecule has 0 spiro atoms. The molecule has 1 aliphatic heterocycles. The van der Waals surface area contributed by atoms with Gasteiger partial charge in [-0.05, 0) is 12.5 Å². The van der Waals surface area contributed by atoms with Crippen molar-refractivity contribution in [2.45, 2.75) is 38.3 Å². The number of hydrogen-bond acceptors (Lipinski definition) is 3. The molecule has 1 unspecified atom stereocenters. The van der Waals surface area contributed by atoms with Crippen LogP contribution >= 0.6 is 0 Å². The van der Waals surface area contributed by atoms with Crippen molar-refractivity contribution in [3.63, 3.8) is 0 Å². The van der Waals surface area contributed by atoms with E-state index in [9.17, 15) is 0 Å². The molecule has 0 aromatic heterocycles. The third-order valence-corrected chi connectivity index (χ3v) is 3.22. The first-order valence-corrected chi connectivity index (χ1v) is 6.40. The molecule has 0 amide bonds. The average molecular weight is 235 g/mol. The summed E-state index contributed by atoms with van der Waals surface area (Å²) in [6.07, 6.45) is 3.13. The van der Waals surface area contributed by atoms with Crippen molar-refractivity contribution < 1.29 is 9.47 Å². The standard InChI is InChI=1S/C14H21NO2/c1-2-13(15)12-5-3-4-6-14(12)17-11-7-9-16-10-8-11/h3-6,11,13H,2,7-10,15H2,1H3. The summed E-state index contributed by atoms with van der Waals surface area (Å²) in [4.78, 5) is 0. The summed E-state index contributed by atoms with van der Waals surface area (Å²) in [5.74, 6) is 0.939. The Morgan fingerprint density at radius 2 is 2.06 bits per heavy atom. The van der Waals surface area contributed by atoms with E-state index in [1.165, 1.54) is 0 Å². The number of benzene rings is 1. The third-order valence-electron chi connectivity index (χ3n) is 3.22. The number of nitrogens with two attached hydrogens (primary N) is 1. The highest BCUT2D eigenvalue weighted by Gasteiger charge is 2.18. The monoisotopic (exact) mass is 235 g/mol. The van der Waals surface area contributed by atoms with Crippen LogP contribution < -0.4 is 10.5 Å². The van der Waals surface area contributed by atoms with Crippen molar-refractivity contribution in [3.05, 3.63) is 29.8 Å². The predicted molar refractivity (Wildman–Crippen MR) is 68.1 cm³/mol. The van der Waals surface area contributed by atoms with Gasteiger partial charge < -0.3 is 15.2 Å². The lowest BCUT2D eigenvalue weighted by molar-refractivity contribution is 0.0250. The van der Waals surface area contributed by atoms with E-state index < -0.39 is 0 Å². The molecular formula is C14H21NO2. The van der Waals surface area contributed by atoms with E-state index in [2.05, 4.69) is 13.0 Å². The molecule has 0 radical (unpaired) electrons. The van der Waals surface area contributed by atoms with Crippen LogP contribution in [0.1, 0.15) is 37.8 Å². The lowest BCUT2D eigenvalue weighted by Gasteiger charge is -2.25. The van der Waals surface area contributed by atoms with Gasteiger partial charge in [0.1, 0.15) is 11.9 Å². The van der Waals surface area contributed by atoms with Gasteiger partial charge in [0.25, 0.3) is 0 Å². The first-order valence-electron chi connectivity index (χ1n) is 6.40. The molecule has 3 heteroatoms. The summed E-state index contributed by atoms with van der Waals surface area (Å²) in [5.41, 5.74) is 7.21. The molecule has 1 aliphatic rings. The van der Waals surface area contributed by atoms with Crippen LogP contribution in [0.25, 0.3) is 0 Å². The second-order valence-electron chi connectivity index (χ2n) is 4.48. The van der Waals surface area contributed by atoms with Gasteiger partial charge in [0, 0.05) is 24.4 Å². The Morgan fingerprint density at radius 1 is 1.35 bits per heavy atom. The number of para-hydroxylation sites is 1. The maximum absolute atomic E-state index is 6.10. The van der Waals surface area contributed by atoms with Gasteiger partial charge in [-0.2, -0.15) is 0 Å². The van der Waals surface area contributed by atoms with Crippen molar-refractivity contribution >= 4 is 0 Å². The number of rotatable bonds is 4. The first-order chi connectivity index (χ1) is 8.31. The molecule has 1 saturated heterocycles. The topological polar surface area (TPSA) is 44.5 Å². The zero-order valence-corrected chi connectivity index (χ0v) is 10.4. The Labute approximate surface area is 103 Å². The molecule has 94 valence electrons. The van der Waals surface area contributed by atoms with E-state index in [0.29, 0.717) is 0 Å². The molecule has 1 aromatic carbocycles. The van der Waals surface area contributed by atoms with Crippen LogP contribution in [-0.4, -0.2) is 19.3 Å². The lowest BCUT2D eigenvalue weighted by Crippen LogP contribution is -2.26. The van der Waals surface area contributed by atoms with Gasteiger partial charge in [-0.15, -0.1) is 0 Å². The zero-order chi connectivity index (χ0) is 12.1. The van der Waals surface area contributed by atoms with Crippen LogP contribution in [-0.2, 0) is 4.74 Å². The second-order valence-corrected chi connectivity index (χ2v) is 4.48. The zero-order valence-electron chi connectivity index (χ0n) is 10.4. The maximum atomic E-state index is 6.10. The Kier molecular flexibility index (Phi) is 4.40. The third kappa shape index (κ3) is 3.20. The molecule has 17 heavy (non-hydrogen) atoms. The fourth-order valence-electron chi connectivity index (χ4n) is 2.09. The molecule has 2 rings (SSSR count). The Balaban J connectivity index is 2.08. The van der Waals surface area contributed by atoms with Gasteiger partial charge >= 0.3 is 0 Å². The summed E-state index contributed by atoms with van der Waals surface area (Å²) >= 11 is 0. The predicted octanol–water partition coefficient (Wildman–Crippen LogP) is 2.65. The molecular weight excluding hydrogens is 214 g/mol. The van der Waals surface area contributed by atoms with E-state index in [1.54, 1.807) is 0 Å². The highest BCUT2D eigenvalue weighted by atomic mass is 16.5. The lowest BCUT2D eigenvalue weighted by atomic mass is 10.0. The smallest absolute Gasteiger partial charge is 0.124 e. The average Bonchev–Trinajstić information content (AvgIpc) is 2.40. The molecule has 0 bridgehead atoms. The largest absolute Gasteiger partial charge is 0.490 e. The van der Waals surface area contributed by atoms with Crippen LogP contribution in [0.5, 0.6) is 5.75 Å². The van der Waals surface area contributed by atoms with Crippen LogP contribution in [0.15, 0.2) is 24.3 Å². The number of hydrogen-bond donors (Lipinski definition) is 1. The Morgan fingerprint density at radius 3 is 2.76 bits per heavy atom. The maximum Gasteiger partial charge on any atom is 0.124 e. The van der Waals surface area contributed by atoms with Crippen LogP contribution in [0.4, 0.5) is 0 Å². The van der Waals surface area contributed by atoms with Crippen LogP contribution in [0.3, 0.4) is 0 Å². The Bertz CT molecular complexity index is 348. The Hall–Kier alpha value is -1.06. The fraction of sp³-hybridized carbons (Fsp3) is 0.571. The summed E-state index contributed by atoms with van der Waals surface area (Å²) in [7, 11) is 0. The van der Waals surface area contributed by atoms with Crippen LogP contribution in [0, 0.1) is 0 Å². The van der Waals surface area contributed by atoms with Crippen molar-refractivity contribution in [2.24, 2.45) is 5.73 Å². The van der Waals surface area contributed by atoms with Gasteiger partial charge in [-0.3, -0.25) is 0 Å². The minimum Gasteiger partial charge on any atom is -0.490 e. The highest BCUT2D eigenvalue weighted by Crippen LogP contribution is 2.27. The van der Waals surface area contributed by atoms with E-state index >= 15 is 0 Å². The highest BCUT2D eigenvalue weighted by molar-refractivity contribution is 5.35. The summed E-state index contributed by atoms with van der Waals surface area (Å²) in [5, 5.41) is 0. The van der Waals surface area contributed by atoms with Gasteiger partial charge in [0.15, 0.2) is 0 Å². The minimum absolute atomic E-state index is 0.0611. The molecule has 2 N–H and O–H groups in total. The second kappa shape index (κ2) is 6.03. The summed E-state index contributed by atoms with van der Waals surface area (Å²) in [6, 6.07) is 8.15. The summed E-state index contributed by atoms with van der Waals surface area (Å²) in [6.45, 7) is 3.69. The van der Waals surface area contributed by atoms with Gasteiger partial charge in [0.2, 0.25) is 0 Å². The first kappa shape index (κ1) is 12.4. The minimum atomic E-state index is 0.0611. The van der Waals surface area contributed by atoms with E-state index in [4.69, 9.17) is 15.2 Å². The van der Waals surface area contributed by atoms with Gasteiger partial charge in [0.05, 0.1) is 13.2 Å². The molecule has 0 aliphatic carbocycles. The van der Waals surface area contributed by atoms with E-state index in [-0.39, 0.29) is 12.1 Å². The summed E-state index contributed by atoms with van der Waals surface area (Å²) < 4.78 is 11.4. The van der Waals surface area contributed by atoms with Crippen LogP contribution in [0.2, 0.25) is 0 Å². The normalized spacial score (nSPS) is 18.9. The van der Waals surface area contributed by atoms with Gasteiger partial charge in [-0.25, -0.2) is 0 Å². The van der Waals surface area contributed by atoms with Crippen molar-refractivity contribution in [3.8, 4) is 5.75 Å². The number of ether oxygens (including phenoxy) is 2. The van der Waals surface area contributed by atoms with Gasteiger partial charge in [-0.1, -0.05) is 25.1 Å². The van der Waals surface area contributed by atoms with E-state index in [0.717, 1.165) is 43.8 Å². The van der Waals surface area contributed by atoms with Crippen molar-refractivity contribution in [1.29, 1.82) is 0 Å². The SMILES string of the molecule is CCC(N)c1ccccc1OC1CCOCC1.